The molecule has 0 saturated heterocycles. The smallest absolute Gasteiger partial charge is 0.340 e. The van der Waals surface area contributed by atoms with E-state index in [2.05, 4.69) is 31.7 Å². The van der Waals surface area contributed by atoms with Gasteiger partial charge < -0.3 is 33.3 Å². The van der Waals surface area contributed by atoms with E-state index >= 15 is 0 Å². The van der Waals surface area contributed by atoms with Crippen LogP contribution < -0.4 is 14.2 Å². The molecule has 8 nitrogen and oxygen atoms in total. The number of ether oxygens (including phenoxy) is 6. The third kappa shape index (κ3) is 4.27. The van der Waals surface area contributed by atoms with Crippen LogP contribution >= 0.6 is 0 Å². The Balaban J connectivity index is 2.08. The van der Waals surface area contributed by atoms with Crippen LogP contribution in [0.15, 0.2) is 52.5 Å². The Bertz CT molecular complexity index is 1200. The van der Waals surface area contributed by atoms with Crippen molar-refractivity contribution < 1.29 is 33.2 Å². The van der Waals surface area contributed by atoms with Gasteiger partial charge in [-0.25, -0.2) is 4.79 Å². The molecule has 3 aliphatic rings. The van der Waals surface area contributed by atoms with Crippen LogP contribution in [0.2, 0.25) is 0 Å². The van der Waals surface area contributed by atoms with E-state index in [0.717, 1.165) is 33.7 Å². The van der Waals surface area contributed by atoms with Crippen molar-refractivity contribution in [3.8, 4) is 17.2 Å². The van der Waals surface area contributed by atoms with Crippen LogP contribution in [-0.4, -0.2) is 70.7 Å². The van der Waals surface area contributed by atoms with Gasteiger partial charge in [0.05, 0.1) is 57.9 Å². The molecule has 2 atom stereocenters. The highest BCUT2D eigenvalue weighted by Gasteiger charge is 2.48. The molecule has 1 aromatic rings. The number of esters is 1. The fraction of sp³-hybridized carbons (Fsp3) is 0.483. The predicted octanol–water partition coefficient (Wildman–Crippen LogP) is 4.65. The van der Waals surface area contributed by atoms with E-state index in [1.807, 2.05) is 25.1 Å². The van der Waals surface area contributed by atoms with Gasteiger partial charge in [0.1, 0.15) is 11.9 Å². The topological polar surface area (TPSA) is 75.7 Å². The molecule has 4 rings (SSSR count). The average molecular weight is 512 g/mol. The van der Waals surface area contributed by atoms with Crippen molar-refractivity contribution in [2.24, 2.45) is 0 Å². The van der Waals surface area contributed by atoms with Gasteiger partial charge in [0.15, 0.2) is 11.5 Å². The summed E-state index contributed by atoms with van der Waals surface area (Å²) in [4.78, 5) is 16.0. The lowest BCUT2D eigenvalue weighted by atomic mass is 9.81. The van der Waals surface area contributed by atoms with Crippen molar-refractivity contribution in [2.45, 2.75) is 51.8 Å². The molecular weight excluding hydrogens is 474 g/mol. The molecule has 0 spiro atoms. The lowest BCUT2D eigenvalue weighted by Gasteiger charge is -2.46. The molecule has 8 heteroatoms. The zero-order valence-electron chi connectivity index (χ0n) is 23.2. The molecule has 1 aromatic carbocycles. The number of hydrogen-bond acceptors (Lipinski definition) is 8. The standard InChI is InChI=1S/C29H37NO7/c1-10-37-28(31)25-24(17-11-22(34-7)27(36-9)23(12-17)35-8)16(2)30-26(25)19-14-21(33-6)20(32-5)13-18(19)15-29(30,3)4/h11-12,14-16,20H,10,13H2,1-9H3. The molecule has 0 bridgehead atoms. The Morgan fingerprint density at radius 1 is 1.03 bits per heavy atom. The Morgan fingerprint density at radius 2 is 1.68 bits per heavy atom. The fourth-order valence-electron chi connectivity index (χ4n) is 5.84. The van der Waals surface area contributed by atoms with Crippen molar-refractivity contribution in [1.29, 1.82) is 0 Å². The van der Waals surface area contributed by atoms with E-state index in [0.29, 0.717) is 29.2 Å². The van der Waals surface area contributed by atoms with Crippen LogP contribution in [0.3, 0.4) is 0 Å². The summed E-state index contributed by atoms with van der Waals surface area (Å²) in [5.74, 6) is 1.87. The molecule has 0 saturated carbocycles. The van der Waals surface area contributed by atoms with Crippen molar-refractivity contribution >= 4 is 11.5 Å². The minimum atomic E-state index is -0.384. The summed E-state index contributed by atoms with van der Waals surface area (Å²) in [7, 11) is 8.06. The van der Waals surface area contributed by atoms with Gasteiger partial charge in [-0.05, 0) is 62.6 Å². The lowest BCUT2D eigenvalue weighted by molar-refractivity contribution is -0.138. The van der Waals surface area contributed by atoms with Gasteiger partial charge in [0.2, 0.25) is 5.75 Å². The minimum absolute atomic E-state index is 0.156. The number of nitrogens with zero attached hydrogens (tertiary/aromatic N) is 1. The lowest BCUT2D eigenvalue weighted by Crippen LogP contribution is -2.47. The highest BCUT2D eigenvalue weighted by Crippen LogP contribution is 2.52. The Hall–Kier alpha value is -3.39. The van der Waals surface area contributed by atoms with Gasteiger partial charge in [-0.1, -0.05) is 6.08 Å². The number of benzene rings is 1. The second-order valence-corrected chi connectivity index (χ2v) is 9.73. The third-order valence-electron chi connectivity index (χ3n) is 7.29. The van der Waals surface area contributed by atoms with Gasteiger partial charge in [-0.15, -0.1) is 0 Å². The van der Waals surface area contributed by atoms with Crippen LogP contribution in [0.5, 0.6) is 17.2 Å². The summed E-state index contributed by atoms with van der Waals surface area (Å²) in [5.41, 5.74) is 4.67. The molecule has 2 aliphatic heterocycles. The SMILES string of the molecule is CCOC(=O)C1=C(c2cc(OC)c(OC)c(OC)c2)C(C)N2C1=C1C=C(OC)C(OC)CC1=CC2(C)C. The number of rotatable bonds is 8. The van der Waals surface area contributed by atoms with Crippen LogP contribution in [0.25, 0.3) is 5.57 Å². The molecule has 2 unspecified atom stereocenters. The zero-order chi connectivity index (χ0) is 27.1. The number of carbonyl (C=O) groups is 1. The summed E-state index contributed by atoms with van der Waals surface area (Å²) in [6.07, 6.45) is 4.71. The van der Waals surface area contributed by atoms with Crippen LogP contribution in [0.1, 0.15) is 39.7 Å². The van der Waals surface area contributed by atoms with Crippen LogP contribution in [0, 0.1) is 0 Å². The van der Waals surface area contributed by atoms with Crippen LogP contribution in [-0.2, 0) is 19.0 Å². The van der Waals surface area contributed by atoms with E-state index in [1.54, 1.807) is 35.5 Å². The maximum Gasteiger partial charge on any atom is 0.340 e. The summed E-state index contributed by atoms with van der Waals surface area (Å²) >= 11 is 0. The normalized spacial score (nSPS) is 22.1. The van der Waals surface area contributed by atoms with Gasteiger partial charge in [-0.2, -0.15) is 0 Å². The van der Waals surface area contributed by atoms with Gasteiger partial charge >= 0.3 is 5.97 Å². The van der Waals surface area contributed by atoms with Crippen LogP contribution in [0.4, 0.5) is 0 Å². The second kappa shape index (κ2) is 10.2. The van der Waals surface area contributed by atoms with E-state index in [4.69, 9.17) is 28.4 Å². The number of methoxy groups -OCH3 is 5. The summed E-state index contributed by atoms with van der Waals surface area (Å²) in [6.45, 7) is 8.50. The monoisotopic (exact) mass is 511 g/mol. The van der Waals surface area contributed by atoms with Gasteiger partial charge in [-0.3, -0.25) is 0 Å². The first-order valence-electron chi connectivity index (χ1n) is 12.4. The molecule has 0 fully saturated rings. The molecular formula is C29H37NO7. The largest absolute Gasteiger partial charge is 0.498 e. The number of carbonyl (C=O) groups excluding carboxylic acids is 1. The molecule has 0 amide bonds. The van der Waals surface area contributed by atoms with E-state index in [1.165, 1.54) is 0 Å². The Kier molecular flexibility index (Phi) is 7.33. The third-order valence-corrected chi connectivity index (χ3v) is 7.29. The highest BCUT2D eigenvalue weighted by molar-refractivity contribution is 6.06. The van der Waals surface area contributed by atoms with Crippen molar-refractivity contribution in [2.75, 3.05) is 42.2 Å². The molecule has 0 aromatic heterocycles. The van der Waals surface area contributed by atoms with Crippen molar-refractivity contribution in [3.63, 3.8) is 0 Å². The first-order chi connectivity index (χ1) is 17.7. The van der Waals surface area contributed by atoms with Crippen molar-refractivity contribution in [3.05, 3.63) is 58.0 Å². The summed E-state index contributed by atoms with van der Waals surface area (Å²) in [5, 5.41) is 0. The maximum atomic E-state index is 13.7. The molecule has 1 aliphatic carbocycles. The average Bonchev–Trinajstić information content (AvgIpc) is 3.21. The first-order valence-corrected chi connectivity index (χ1v) is 12.4. The number of allylic oxidation sites excluding steroid dienone is 2. The van der Waals surface area contributed by atoms with E-state index in [-0.39, 0.29) is 30.3 Å². The second-order valence-electron chi connectivity index (χ2n) is 9.73. The van der Waals surface area contributed by atoms with E-state index in [9.17, 15) is 4.79 Å². The zero-order valence-corrected chi connectivity index (χ0v) is 23.2. The fourth-order valence-corrected chi connectivity index (χ4v) is 5.84. The molecule has 37 heavy (non-hydrogen) atoms. The first kappa shape index (κ1) is 26.7. The molecule has 0 radical (unpaired) electrons. The molecule has 2 heterocycles. The van der Waals surface area contributed by atoms with Gasteiger partial charge in [0.25, 0.3) is 0 Å². The Morgan fingerprint density at radius 3 is 2.19 bits per heavy atom. The van der Waals surface area contributed by atoms with E-state index < -0.39 is 0 Å². The summed E-state index contributed by atoms with van der Waals surface area (Å²) in [6, 6.07) is 3.61. The molecule has 0 N–H and O–H groups in total. The minimum Gasteiger partial charge on any atom is -0.498 e. The quantitative estimate of drug-likeness (QED) is 0.467. The number of fused-ring (bicyclic) bond motifs is 2. The van der Waals surface area contributed by atoms with Crippen molar-refractivity contribution in [1.82, 2.24) is 4.90 Å². The molecule has 200 valence electrons. The maximum absolute atomic E-state index is 13.7. The number of hydrogen-bond donors (Lipinski definition) is 0. The van der Waals surface area contributed by atoms with Gasteiger partial charge in [0, 0.05) is 19.1 Å². The summed E-state index contributed by atoms with van der Waals surface area (Å²) < 4.78 is 33.8. The predicted molar refractivity (Wildman–Crippen MR) is 141 cm³/mol. The highest BCUT2D eigenvalue weighted by atomic mass is 16.5. The Labute approximate surface area is 219 Å².